The Morgan fingerprint density at radius 2 is 1.75 bits per heavy atom. The van der Waals surface area contributed by atoms with Gasteiger partial charge in [-0.3, -0.25) is 4.99 Å². The highest BCUT2D eigenvalue weighted by Crippen LogP contribution is 2.22. The molecular formula is C19H23F2N3O3S. The smallest absolute Gasteiger partial charge is 0.387 e. The number of nitrogens with zero attached hydrogens (tertiary/aromatic N) is 1. The zero-order valence-corrected chi connectivity index (χ0v) is 16.7. The Kier molecular flexibility index (Phi) is 7.33. The van der Waals surface area contributed by atoms with E-state index in [1.54, 1.807) is 43.4 Å². The highest BCUT2D eigenvalue weighted by Gasteiger charge is 2.11. The molecule has 0 radical (unpaired) electrons. The molecule has 2 aromatic carbocycles. The van der Waals surface area contributed by atoms with Gasteiger partial charge in [-0.05, 0) is 30.7 Å². The van der Waals surface area contributed by atoms with Crippen LogP contribution >= 0.6 is 0 Å². The monoisotopic (exact) mass is 411 g/mol. The largest absolute Gasteiger partial charge is 0.434 e. The van der Waals surface area contributed by atoms with Gasteiger partial charge in [-0.25, -0.2) is 8.42 Å². The molecule has 9 heteroatoms. The molecule has 0 aliphatic rings. The molecule has 0 aromatic heterocycles. The summed E-state index contributed by atoms with van der Waals surface area (Å²) in [7, 11) is -1.64. The molecule has 0 heterocycles. The number of hydrogen-bond acceptors (Lipinski definition) is 4. The van der Waals surface area contributed by atoms with E-state index in [0.717, 1.165) is 17.4 Å². The lowest BCUT2D eigenvalue weighted by atomic mass is 10.1. The number of rotatable bonds is 7. The van der Waals surface area contributed by atoms with Gasteiger partial charge in [0.2, 0.25) is 0 Å². The molecule has 0 spiro atoms. The molecule has 28 heavy (non-hydrogen) atoms. The third-order valence-corrected chi connectivity index (χ3v) is 5.04. The third kappa shape index (κ3) is 6.49. The highest BCUT2D eigenvalue weighted by atomic mass is 32.2. The van der Waals surface area contributed by atoms with Gasteiger partial charge in [-0.1, -0.05) is 29.8 Å². The van der Waals surface area contributed by atoms with Gasteiger partial charge < -0.3 is 15.4 Å². The average molecular weight is 411 g/mol. The van der Waals surface area contributed by atoms with E-state index in [9.17, 15) is 17.2 Å². The second-order valence-electron chi connectivity index (χ2n) is 6.19. The predicted molar refractivity (Wildman–Crippen MR) is 104 cm³/mol. The maximum absolute atomic E-state index is 12.6. The lowest BCUT2D eigenvalue weighted by Gasteiger charge is -2.15. The summed E-state index contributed by atoms with van der Waals surface area (Å²) < 4.78 is 52.7. The van der Waals surface area contributed by atoms with E-state index in [2.05, 4.69) is 20.4 Å². The van der Waals surface area contributed by atoms with Crippen LogP contribution in [0.15, 0.2) is 52.4 Å². The van der Waals surface area contributed by atoms with Crippen LogP contribution in [0.1, 0.15) is 16.7 Å². The molecule has 2 aromatic rings. The van der Waals surface area contributed by atoms with Crippen LogP contribution in [0.4, 0.5) is 8.78 Å². The Hall–Kier alpha value is -2.68. The van der Waals surface area contributed by atoms with Crippen LogP contribution in [-0.2, 0) is 22.9 Å². The van der Waals surface area contributed by atoms with Crippen LogP contribution in [-0.4, -0.2) is 34.3 Å². The molecule has 0 aliphatic carbocycles. The van der Waals surface area contributed by atoms with Crippen LogP contribution in [0.2, 0.25) is 0 Å². The SMILES string of the molecule is CN=C(NCc1ccc(S(C)(=O)=O)cc1)NCc1cc(C)ccc1OC(F)F. The molecule has 152 valence electrons. The third-order valence-electron chi connectivity index (χ3n) is 3.91. The number of alkyl halides is 2. The van der Waals surface area contributed by atoms with Crippen molar-refractivity contribution in [2.75, 3.05) is 13.3 Å². The summed E-state index contributed by atoms with van der Waals surface area (Å²) in [6.45, 7) is -0.370. The van der Waals surface area contributed by atoms with Gasteiger partial charge in [-0.2, -0.15) is 8.78 Å². The number of aryl methyl sites for hydroxylation is 1. The molecule has 0 amide bonds. The Morgan fingerprint density at radius 1 is 1.11 bits per heavy atom. The van der Waals surface area contributed by atoms with E-state index in [1.807, 2.05) is 6.92 Å². The van der Waals surface area contributed by atoms with Crippen molar-refractivity contribution in [3.8, 4) is 5.75 Å². The fraction of sp³-hybridized carbons (Fsp3) is 0.316. The van der Waals surface area contributed by atoms with Crippen LogP contribution in [0.3, 0.4) is 0 Å². The first-order valence-electron chi connectivity index (χ1n) is 8.47. The van der Waals surface area contributed by atoms with Crippen molar-refractivity contribution >= 4 is 15.8 Å². The molecule has 6 nitrogen and oxygen atoms in total. The first-order valence-corrected chi connectivity index (χ1v) is 10.4. The molecule has 0 unspecified atom stereocenters. The normalized spacial score (nSPS) is 12.1. The minimum atomic E-state index is -3.23. The number of guanidine groups is 1. The maximum atomic E-state index is 12.6. The number of nitrogens with one attached hydrogen (secondary N) is 2. The van der Waals surface area contributed by atoms with E-state index < -0.39 is 16.4 Å². The Balaban J connectivity index is 1.98. The zero-order valence-electron chi connectivity index (χ0n) is 15.9. The second kappa shape index (κ2) is 9.50. The number of aliphatic imine (C=N–C) groups is 1. The molecule has 0 saturated heterocycles. The fourth-order valence-corrected chi connectivity index (χ4v) is 3.13. The van der Waals surface area contributed by atoms with Crippen molar-refractivity contribution in [1.29, 1.82) is 0 Å². The summed E-state index contributed by atoms with van der Waals surface area (Å²) in [6, 6.07) is 11.5. The number of sulfone groups is 1. The second-order valence-corrected chi connectivity index (χ2v) is 8.20. The molecular weight excluding hydrogens is 388 g/mol. The lowest BCUT2D eigenvalue weighted by Crippen LogP contribution is -2.36. The molecule has 2 rings (SSSR count). The van der Waals surface area contributed by atoms with Gasteiger partial charge in [0, 0.05) is 32.0 Å². The van der Waals surface area contributed by atoms with Crippen molar-refractivity contribution in [3.05, 3.63) is 59.2 Å². The first kappa shape index (κ1) is 21.6. The summed E-state index contributed by atoms with van der Waals surface area (Å²) in [4.78, 5) is 4.35. The number of halogens is 2. The van der Waals surface area contributed by atoms with E-state index in [-0.39, 0.29) is 17.2 Å². The highest BCUT2D eigenvalue weighted by molar-refractivity contribution is 7.90. The lowest BCUT2D eigenvalue weighted by molar-refractivity contribution is -0.0504. The Morgan fingerprint density at radius 3 is 2.32 bits per heavy atom. The van der Waals surface area contributed by atoms with Crippen molar-refractivity contribution in [1.82, 2.24) is 10.6 Å². The van der Waals surface area contributed by atoms with Gasteiger partial charge in [0.25, 0.3) is 0 Å². The van der Waals surface area contributed by atoms with E-state index in [4.69, 9.17) is 0 Å². The van der Waals surface area contributed by atoms with E-state index >= 15 is 0 Å². The van der Waals surface area contributed by atoms with E-state index in [1.165, 1.54) is 6.07 Å². The van der Waals surface area contributed by atoms with Gasteiger partial charge in [0.15, 0.2) is 15.8 Å². The quantitative estimate of drug-likeness (QED) is 0.541. The molecule has 0 aliphatic heterocycles. The van der Waals surface area contributed by atoms with Gasteiger partial charge >= 0.3 is 6.61 Å². The van der Waals surface area contributed by atoms with Gasteiger partial charge in [0.1, 0.15) is 5.75 Å². The Labute approximate surface area is 163 Å². The summed E-state index contributed by atoms with van der Waals surface area (Å²) >= 11 is 0. The molecule has 0 saturated carbocycles. The minimum absolute atomic E-state index is 0.111. The molecule has 2 N–H and O–H groups in total. The first-order chi connectivity index (χ1) is 13.2. The fourth-order valence-electron chi connectivity index (χ4n) is 2.50. The van der Waals surface area contributed by atoms with Gasteiger partial charge in [0.05, 0.1) is 4.90 Å². The number of benzene rings is 2. The van der Waals surface area contributed by atoms with E-state index in [0.29, 0.717) is 18.1 Å². The number of ether oxygens (including phenoxy) is 1. The molecule has 0 fully saturated rings. The van der Waals surface area contributed by atoms with Gasteiger partial charge in [-0.15, -0.1) is 0 Å². The zero-order chi connectivity index (χ0) is 20.7. The van der Waals surface area contributed by atoms with Crippen molar-refractivity contribution in [2.24, 2.45) is 4.99 Å². The van der Waals surface area contributed by atoms with Crippen molar-refractivity contribution in [2.45, 2.75) is 31.5 Å². The summed E-state index contributed by atoms with van der Waals surface area (Å²) in [6.07, 6.45) is 1.16. The van der Waals surface area contributed by atoms with Crippen molar-refractivity contribution in [3.63, 3.8) is 0 Å². The predicted octanol–water partition coefficient (Wildman–Crippen LogP) is 2.87. The van der Waals surface area contributed by atoms with Crippen LogP contribution < -0.4 is 15.4 Å². The maximum Gasteiger partial charge on any atom is 0.387 e. The topological polar surface area (TPSA) is 79.8 Å². The van der Waals surface area contributed by atoms with Crippen LogP contribution in [0.25, 0.3) is 0 Å². The average Bonchev–Trinajstić information content (AvgIpc) is 2.63. The summed E-state index contributed by atoms with van der Waals surface area (Å²) in [5, 5.41) is 6.14. The van der Waals surface area contributed by atoms with Crippen molar-refractivity contribution < 1.29 is 21.9 Å². The molecule has 0 bridgehead atoms. The Bertz CT molecular complexity index is 930. The van der Waals surface area contributed by atoms with Crippen LogP contribution in [0, 0.1) is 6.92 Å². The van der Waals surface area contributed by atoms with Crippen LogP contribution in [0.5, 0.6) is 5.75 Å². The standard InChI is InChI=1S/C19H23F2N3O3S/c1-13-4-9-17(27-18(20)21)15(10-13)12-24-19(22-2)23-11-14-5-7-16(8-6-14)28(3,25)26/h4-10,18H,11-12H2,1-3H3,(H2,22,23,24). The summed E-state index contributed by atoms with van der Waals surface area (Å²) in [5.74, 6) is 0.580. The molecule has 0 atom stereocenters. The summed E-state index contributed by atoms with van der Waals surface area (Å²) in [5.41, 5.74) is 2.38. The number of hydrogen-bond donors (Lipinski definition) is 2. The minimum Gasteiger partial charge on any atom is -0.434 e.